The second kappa shape index (κ2) is 6.88. The fourth-order valence-corrected chi connectivity index (χ4v) is 3.24. The van der Waals surface area contributed by atoms with E-state index in [9.17, 15) is 4.79 Å². The number of nitrogens with zero attached hydrogens (tertiary/aromatic N) is 1. The minimum absolute atomic E-state index is 0.302. The van der Waals surface area contributed by atoms with Gasteiger partial charge >= 0.3 is 0 Å². The molecule has 0 atom stereocenters. The van der Waals surface area contributed by atoms with E-state index in [1.807, 2.05) is 44.2 Å². The van der Waals surface area contributed by atoms with Crippen molar-refractivity contribution in [3.63, 3.8) is 0 Å². The molecule has 0 saturated heterocycles. The average molecular weight is 347 g/mol. The van der Waals surface area contributed by atoms with E-state index in [1.165, 1.54) is 0 Å². The van der Waals surface area contributed by atoms with Crippen LogP contribution in [0, 0.1) is 13.8 Å². The summed E-state index contributed by atoms with van der Waals surface area (Å²) < 4.78 is 5.45. The van der Waals surface area contributed by atoms with Crippen molar-refractivity contribution in [2.24, 2.45) is 5.73 Å². The van der Waals surface area contributed by atoms with E-state index in [1.54, 1.807) is 25.6 Å². The molecule has 0 aliphatic carbocycles. The predicted molar refractivity (Wildman–Crippen MR) is 104 cm³/mol. The highest BCUT2D eigenvalue weighted by molar-refractivity contribution is 6.04. The summed E-state index contributed by atoms with van der Waals surface area (Å²) in [6, 6.07) is 11.4. The van der Waals surface area contributed by atoms with E-state index in [0.29, 0.717) is 11.3 Å². The van der Waals surface area contributed by atoms with E-state index in [0.717, 1.165) is 39.1 Å². The van der Waals surface area contributed by atoms with Gasteiger partial charge in [0.05, 0.1) is 18.4 Å². The monoisotopic (exact) mass is 347 g/mol. The minimum atomic E-state index is -0.558. The van der Waals surface area contributed by atoms with Crippen LogP contribution in [0.25, 0.3) is 22.3 Å². The number of pyridine rings is 1. The number of rotatable bonds is 4. The summed E-state index contributed by atoms with van der Waals surface area (Å²) in [4.78, 5) is 16.0. The molecule has 0 bridgehead atoms. The predicted octanol–water partition coefficient (Wildman–Crippen LogP) is 3.72. The number of benzene rings is 2. The van der Waals surface area contributed by atoms with Crippen molar-refractivity contribution in [3.05, 3.63) is 65.5 Å². The smallest absolute Gasteiger partial charge is 0.250 e. The number of aromatic nitrogens is 1. The van der Waals surface area contributed by atoms with E-state index in [2.05, 4.69) is 4.98 Å². The van der Waals surface area contributed by atoms with Crippen molar-refractivity contribution >= 4 is 11.6 Å². The van der Waals surface area contributed by atoms with E-state index >= 15 is 0 Å². The lowest BCUT2D eigenvalue weighted by atomic mass is 9.89. The Labute approximate surface area is 152 Å². The van der Waals surface area contributed by atoms with E-state index in [-0.39, 0.29) is 0 Å². The molecule has 0 fully saturated rings. The van der Waals surface area contributed by atoms with Crippen LogP contribution in [0.3, 0.4) is 0 Å². The van der Waals surface area contributed by atoms with Crippen molar-refractivity contribution < 1.29 is 9.53 Å². The molecule has 3 aromatic rings. The summed E-state index contributed by atoms with van der Waals surface area (Å²) in [6.45, 7) is 3.98. The standard InChI is InChI=1S/C21H21N3O2/c1-12-4-5-18(26-3)13(2)19(12)16-10-15(14-6-8-24-9-7-14)11-17(20(16)22)21(23)25/h4-11H,22H2,1-3H3,(H2,23,25). The van der Waals surface area contributed by atoms with Gasteiger partial charge in [-0.25, -0.2) is 0 Å². The number of carbonyl (C=O) groups excluding carboxylic acids is 1. The summed E-state index contributed by atoms with van der Waals surface area (Å²) in [5.74, 6) is 0.206. The lowest BCUT2D eigenvalue weighted by molar-refractivity contribution is 0.100. The van der Waals surface area contributed by atoms with Gasteiger partial charge in [0.15, 0.2) is 0 Å². The first kappa shape index (κ1) is 17.5. The molecule has 0 unspecified atom stereocenters. The third-order valence-electron chi connectivity index (χ3n) is 4.57. The molecule has 0 radical (unpaired) electrons. The first-order valence-corrected chi connectivity index (χ1v) is 8.22. The van der Waals surface area contributed by atoms with Gasteiger partial charge in [-0.1, -0.05) is 6.07 Å². The molecule has 4 N–H and O–H groups in total. The Hall–Kier alpha value is -3.34. The van der Waals surface area contributed by atoms with E-state index in [4.69, 9.17) is 16.2 Å². The molecule has 0 aliphatic rings. The zero-order chi connectivity index (χ0) is 18.8. The van der Waals surface area contributed by atoms with Crippen LogP contribution in [0.2, 0.25) is 0 Å². The first-order valence-electron chi connectivity index (χ1n) is 8.22. The molecule has 5 nitrogen and oxygen atoms in total. The summed E-state index contributed by atoms with van der Waals surface area (Å²) in [5, 5.41) is 0. The van der Waals surface area contributed by atoms with Gasteiger partial charge in [0.25, 0.3) is 5.91 Å². The Kier molecular flexibility index (Phi) is 4.63. The highest BCUT2D eigenvalue weighted by Gasteiger charge is 2.18. The van der Waals surface area contributed by atoms with Gasteiger partial charge < -0.3 is 16.2 Å². The van der Waals surface area contributed by atoms with Crippen LogP contribution in [0.1, 0.15) is 21.5 Å². The maximum absolute atomic E-state index is 12.0. The van der Waals surface area contributed by atoms with Crippen LogP contribution in [-0.4, -0.2) is 18.0 Å². The quantitative estimate of drug-likeness (QED) is 0.704. The molecule has 0 spiro atoms. The number of aryl methyl sites for hydroxylation is 1. The lowest BCUT2D eigenvalue weighted by Crippen LogP contribution is -2.14. The number of anilines is 1. The summed E-state index contributed by atoms with van der Waals surface area (Å²) in [6.07, 6.45) is 3.41. The third-order valence-corrected chi connectivity index (χ3v) is 4.57. The van der Waals surface area contributed by atoms with Gasteiger partial charge in [-0.2, -0.15) is 0 Å². The Morgan fingerprint density at radius 3 is 2.35 bits per heavy atom. The van der Waals surface area contributed by atoms with E-state index < -0.39 is 5.91 Å². The number of nitrogen functional groups attached to an aromatic ring is 1. The molecule has 0 aliphatic heterocycles. The number of carbonyl (C=O) groups is 1. The van der Waals surface area contributed by atoms with Crippen LogP contribution in [0.5, 0.6) is 5.75 Å². The molecule has 1 heterocycles. The summed E-state index contributed by atoms with van der Waals surface area (Å²) in [7, 11) is 1.63. The minimum Gasteiger partial charge on any atom is -0.496 e. The number of methoxy groups -OCH3 is 1. The molecule has 3 rings (SSSR count). The van der Waals surface area contributed by atoms with Crippen LogP contribution in [0.4, 0.5) is 5.69 Å². The van der Waals surface area contributed by atoms with Gasteiger partial charge in [0.2, 0.25) is 0 Å². The lowest BCUT2D eigenvalue weighted by Gasteiger charge is -2.18. The Morgan fingerprint density at radius 1 is 1.04 bits per heavy atom. The molecule has 1 aromatic heterocycles. The number of hydrogen-bond acceptors (Lipinski definition) is 4. The normalized spacial score (nSPS) is 10.6. The van der Waals surface area contributed by atoms with Gasteiger partial charge in [-0.05, 0) is 72.0 Å². The van der Waals surface area contributed by atoms with Gasteiger partial charge in [0.1, 0.15) is 5.75 Å². The zero-order valence-electron chi connectivity index (χ0n) is 15.0. The molecule has 2 aromatic carbocycles. The van der Waals surface area contributed by atoms with Crippen LogP contribution in [0.15, 0.2) is 48.8 Å². The van der Waals surface area contributed by atoms with Crippen molar-refractivity contribution in [2.45, 2.75) is 13.8 Å². The van der Waals surface area contributed by atoms with Gasteiger partial charge in [-0.3, -0.25) is 9.78 Å². The average Bonchev–Trinajstić information content (AvgIpc) is 2.63. The zero-order valence-corrected chi connectivity index (χ0v) is 15.0. The number of nitrogens with two attached hydrogens (primary N) is 2. The number of ether oxygens (including phenoxy) is 1. The highest BCUT2D eigenvalue weighted by Crippen LogP contribution is 2.39. The van der Waals surface area contributed by atoms with Crippen molar-refractivity contribution in [2.75, 3.05) is 12.8 Å². The second-order valence-electron chi connectivity index (χ2n) is 6.17. The first-order chi connectivity index (χ1) is 12.4. The molecular weight excluding hydrogens is 326 g/mol. The van der Waals surface area contributed by atoms with Crippen molar-refractivity contribution in [3.8, 4) is 28.0 Å². The summed E-state index contributed by atoms with van der Waals surface area (Å²) in [5.41, 5.74) is 18.1. The molecule has 1 amide bonds. The maximum Gasteiger partial charge on any atom is 0.250 e. The maximum atomic E-state index is 12.0. The second-order valence-corrected chi connectivity index (χ2v) is 6.17. The third kappa shape index (κ3) is 2.99. The Bertz CT molecular complexity index is 982. The SMILES string of the molecule is COc1ccc(C)c(-c2cc(-c3ccncc3)cc(C(N)=O)c2N)c1C. The van der Waals surface area contributed by atoms with Crippen molar-refractivity contribution in [1.82, 2.24) is 4.98 Å². The number of amides is 1. The molecular formula is C21H21N3O2. The Morgan fingerprint density at radius 2 is 1.73 bits per heavy atom. The van der Waals surface area contributed by atoms with Crippen LogP contribution < -0.4 is 16.2 Å². The van der Waals surface area contributed by atoms with Gasteiger partial charge in [-0.15, -0.1) is 0 Å². The van der Waals surface area contributed by atoms with Crippen LogP contribution >= 0.6 is 0 Å². The molecule has 26 heavy (non-hydrogen) atoms. The topological polar surface area (TPSA) is 91.2 Å². The fraction of sp³-hybridized carbons (Fsp3) is 0.143. The van der Waals surface area contributed by atoms with Crippen molar-refractivity contribution in [1.29, 1.82) is 0 Å². The largest absolute Gasteiger partial charge is 0.496 e. The van der Waals surface area contributed by atoms with Crippen LogP contribution in [-0.2, 0) is 0 Å². The Balaban J connectivity index is 2.35. The number of hydrogen-bond donors (Lipinski definition) is 2. The van der Waals surface area contributed by atoms with Gasteiger partial charge in [0, 0.05) is 18.0 Å². The summed E-state index contributed by atoms with van der Waals surface area (Å²) >= 11 is 0. The molecule has 132 valence electrons. The molecule has 0 saturated carbocycles. The highest BCUT2D eigenvalue weighted by atomic mass is 16.5. The molecule has 5 heteroatoms. The fourth-order valence-electron chi connectivity index (χ4n) is 3.24. The number of primary amides is 1.